The number of benzene rings is 1. The normalized spacial score (nSPS) is 10.3. The molecule has 1 heterocycles. The van der Waals surface area contributed by atoms with Gasteiger partial charge in [0, 0.05) is 11.8 Å². The molecule has 2 aromatic rings. The van der Waals surface area contributed by atoms with Crippen LogP contribution in [0.5, 0.6) is 11.6 Å². The summed E-state index contributed by atoms with van der Waals surface area (Å²) in [4.78, 5) is 30.1. The van der Waals surface area contributed by atoms with Crippen LogP contribution in [0.25, 0.3) is 0 Å². The first-order chi connectivity index (χ1) is 11.0. The number of nitrogens with zero attached hydrogens (tertiary/aromatic N) is 1. The van der Waals surface area contributed by atoms with Crippen LogP contribution in [0.4, 0.5) is 5.69 Å². The molecular formula is C15H17N3O4S. The number of carbonyl (C=O) groups is 1. The van der Waals surface area contributed by atoms with Gasteiger partial charge in [-0.15, -0.1) is 0 Å². The smallest absolute Gasteiger partial charge is 0.258 e. The van der Waals surface area contributed by atoms with E-state index in [1.54, 1.807) is 38.3 Å². The molecule has 8 heteroatoms. The predicted molar refractivity (Wildman–Crippen MR) is 88.2 cm³/mol. The third-order valence-electron chi connectivity index (χ3n) is 3.02. The van der Waals surface area contributed by atoms with E-state index in [1.165, 1.54) is 0 Å². The maximum atomic E-state index is 11.9. The number of ether oxygens (including phenoxy) is 1. The molecule has 7 nitrogen and oxygen atoms in total. The van der Waals surface area contributed by atoms with Crippen molar-refractivity contribution in [1.29, 1.82) is 0 Å². The lowest BCUT2D eigenvalue weighted by molar-refractivity contribution is -0.113. The predicted octanol–water partition coefficient (Wildman–Crippen LogP) is 1.78. The molecule has 0 saturated heterocycles. The summed E-state index contributed by atoms with van der Waals surface area (Å²) in [5, 5.41) is 12.6. The van der Waals surface area contributed by atoms with Crippen LogP contribution in [-0.2, 0) is 11.2 Å². The van der Waals surface area contributed by atoms with Crippen LogP contribution in [0.1, 0.15) is 12.5 Å². The molecule has 1 amide bonds. The van der Waals surface area contributed by atoms with Crippen LogP contribution in [0.3, 0.4) is 0 Å². The average Bonchev–Trinajstić information content (AvgIpc) is 2.53. The number of amides is 1. The first-order valence-corrected chi connectivity index (χ1v) is 7.91. The molecule has 0 unspecified atom stereocenters. The van der Waals surface area contributed by atoms with Gasteiger partial charge in [0.15, 0.2) is 5.16 Å². The summed E-state index contributed by atoms with van der Waals surface area (Å²) in [6.45, 7) is 1.75. The number of aromatic hydroxyl groups is 1. The van der Waals surface area contributed by atoms with Crippen molar-refractivity contribution in [3.63, 3.8) is 0 Å². The molecule has 122 valence electrons. The van der Waals surface area contributed by atoms with Crippen LogP contribution < -0.4 is 15.6 Å². The Kier molecular flexibility index (Phi) is 5.64. The molecule has 23 heavy (non-hydrogen) atoms. The number of nitrogens with one attached hydrogen (secondary N) is 2. The largest absolute Gasteiger partial charge is 0.497 e. The molecule has 1 aromatic heterocycles. The van der Waals surface area contributed by atoms with Gasteiger partial charge in [-0.25, -0.2) is 0 Å². The Bertz CT molecular complexity index is 761. The Labute approximate surface area is 137 Å². The number of anilines is 1. The van der Waals surface area contributed by atoms with Crippen molar-refractivity contribution in [2.24, 2.45) is 0 Å². The monoisotopic (exact) mass is 335 g/mol. The second-order valence-corrected chi connectivity index (χ2v) is 5.56. The molecule has 0 aliphatic carbocycles. The fourth-order valence-electron chi connectivity index (χ4n) is 1.88. The van der Waals surface area contributed by atoms with Crippen molar-refractivity contribution < 1.29 is 14.6 Å². The average molecular weight is 335 g/mol. The zero-order valence-electron chi connectivity index (χ0n) is 12.8. The zero-order chi connectivity index (χ0) is 16.8. The highest BCUT2D eigenvalue weighted by atomic mass is 32.2. The van der Waals surface area contributed by atoms with Crippen LogP contribution in [-0.4, -0.2) is 33.8 Å². The number of hydrogen-bond acceptors (Lipinski definition) is 6. The van der Waals surface area contributed by atoms with E-state index in [0.29, 0.717) is 17.9 Å². The summed E-state index contributed by atoms with van der Waals surface area (Å²) in [7, 11) is 1.55. The van der Waals surface area contributed by atoms with Gasteiger partial charge in [-0.05, 0) is 18.6 Å². The number of aromatic nitrogens is 2. The van der Waals surface area contributed by atoms with Gasteiger partial charge >= 0.3 is 0 Å². The number of rotatable bonds is 6. The van der Waals surface area contributed by atoms with Gasteiger partial charge in [0.25, 0.3) is 5.56 Å². The van der Waals surface area contributed by atoms with Gasteiger partial charge in [0.1, 0.15) is 5.75 Å². The summed E-state index contributed by atoms with van der Waals surface area (Å²) in [5.74, 6) is 0.129. The number of hydrogen-bond donors (Lipinski definition) is 3. The minimum absolute atomic E-state index is 0.0467. The van der Waals surface area contributed by atoms with Crippen LogP contribution >= 0.6 is 11.8 Å². The Morgan fingerprint density at radius 2 is 2.26 bits per heavy atom. The van der Waals surface area contributed by atoms with E-state index >= 15 is 0 Å². The summed E-state index contributed by atoms with van der Waals surface area (Å²) in [6.07, 6.45) is 0.384. The first-order valence-electron chi connectivity index (χ1n) is 6.92. The highest BCUT2D eigenvalue weighted by molar-refractivity contribution is 7.99. The van der Waals surface area contributed by atoms with E-state index < -0.39 is 5.56 Å². The van der Waals surface area contributed by atoms with Crippen molar-refractivity contribution in [3.05, 3.63) is 40.2 Å². The molecule has 3 N–H and O–H groups in total. The molecule has 0 radical (unpaired) electrons. The first kappa shape index (κ1) is 16.9. The van der Waals surface area contributed by atoms with Crippen LogP contribution in [0.15, 0.2) is 34.2 Å². The molecule has 0 bridgehead atoms. The molecule has 2 rings (SSSR count). The molecule has 0 aliphatic rings. The van der Waals surface area contributed by atoms with Gasteiger partial charge in [0.2, 0.25) is 11.8 Å². The van der Waals surface area contributed by atoms with Gasteiger partial charge in [0.05, 0.1) is 18.4 Å². The minimum atomic E-state index is -0.393. The number of carbonyl (C=O) groups excluding carboxylic acids is 1. The quantitative estimate of drug-likeness (QED) is 0.549. The molecule has 0 spiro atoms. The standard InChI is InChI=1S/C15H17N3O4S/c1-3-11-13(20)17-15(18-14(11)21)23-8-12(19)16-9-5-4-6-10(7-9)22-2/h4-7H,3,8H2,1-2H3,(H,16,19)(H2,17,18,20,21). The third-order valence-corrected chi connectivity index (χ3v) is 3.89. The number of methoxy groups -OCH3 is 1. The summed E-state index contributed by atoms with van der Waals surface area (Å²) in [6, 6.07) is 6.98. The van der Waals surface area contributed by atoms with E-state index in [-0.39, 0.29) is 28.3 Å². The molecule has 1 aromatic carbocycles. The maximum Gasteiger partial charge on any atom is 0.258 e. The Hall–Kier alpha value is -2.48. The topological polar surface area (TPSA) is 104 Å². The molecular weight excluding hydrogens is 318 g/mol. The number of thioether (sulfide) groups is 1. The van der Waals surface area contributed by atoms with Crippen molar-refractivity contribution in [3.8, 4) is 11.6 Å². The van der Waals surface area contributed by atoms with Crippen molar-refractivity contribution in [2.45, 2.75) is 18.5 Å². The minimum Gasteiger partial charge on any atom is -0.497 e. The fourth-order valence-corrected chi connectivity index (χ4v) is 2.54. The summed E-state index contributed by atoms with van der Waals surface area (Å²) < 4.78 is 5.08. The fraction of sp³-hybridized carbons (Fsp3) is 0.267. The Morgan fingerprint density at radius 1 is 1.48 bits per heavy atom. The van der Waals surface area contributed by atoms with Crippen LogP contribution in [0, 0.1) is 0 Å². The molecule has 0 saturated carbocycles. The van der Waals surface area contributed by atoms with Gasteiger partial charge in [-0.3, -0.25) is 9.59 Å². The van der Waals surface area contributed by atoms with Crippen molar-refractivity contribution in [1.82, 2.24) is 9.97 Å². The zero-order valence-corrected chi connectivity index (χ0v) is 13.6. The highest BCUT2D eigenvalue weighted by Crippen LogP contribution is 2.19. The second-order valence-electron chi connectivity index (χ2n) is 4.60. The molecule has 0 fully saturated rings. The Morgan fingerprint density at radius 3 is 2.91 bits per heavy atom. The molecule has 0 atom stereocenters. The van der Waals surface area contributed by atoms with E-state index in [4.69, 9.17) is 4.74 Å². The number of aromatic amines is 1. The summed E-state index contributed by atoms with van der Waals surface area (Å²) in [5.41, 5.74) is 0.450. The van der Waals surface area contributed by atoms with Gasteiger partial charge in [-0.2, -0.15) is 4.98 Å². The van der Waals surface area contributed by atoms with Crippen molar-refractivity contribution >= 4 is 23.4 Å². The highest BCUT2D eigenvalue weighted by Gasteiger charge is 2.11. The van der Waals surface area contributed by atoms with E-state index in [2.05, 4.69) is 15.3 Å². The lowest BCUT2D eigenvalue weighted by Crippen LogP contribution is -2.17. The van der Waals surface area contributed by atoms with E-state index in [9.17, 15) is 14.7 Å². The molecule has 0 aliphatic heterocycles. The van der Waals surface area contributed by atoms with Crippen molar-refractivity contribution in [2.75, 3.05) is 18.2 Å². The Balaban J connectivity index is 1.98. The second kappa shape index (κ2) is 7.68. The van der Waals surface area contributed by atoms with Gasteiger partial charge < -0.3 is 20.1 Å². The van der Waals surface area contributed by atoms with E-state index in [1.807, 2.05) is 0 Å². The number of H-pyrrole nitrogens is 1. The maximum absolute atomic E-state index is 11.9. The lowest BCUT2D eigenvalue weighted by Gasteiger charge is -2.07. The van der Waals surface area contributed by atoms with Gasteiger partial charge in [-0.1, -0.05) is 24.8 Å². The third kappa shape index (κ3) is 4.49. The summed E-state index contributed by atoms with van der Waals surface area (Å²) >= 11 is 1.04. The van der Waals surface area contributed by atoms with E-state index in [0.717, 1.165) is 11.8 Å². The lowest BCUT2D eigenvalue weighted by atomic mass is 10.2. The van der Waals surface area contributed by atoms with Crippen LogP contribution in [0.2, 0.25) is 0 Å². The SMILES string of the molecule is CCc1c(O)nc(SCC(=O)Nc2cccc(OC)c2)[nH]c1=O.